The van der Waals surface area contributed by atoms with Crippen LogP contribution in [0.5, 0.6) is 0 Å². The fraction of sp³-hybridized carbons (Fsp3) is 0.400. The zero-order chi connectivity index (χ0) is 16.2. The van der Waals surface area contributed by atoms with E-state index in [2.05, 4.69) is 20.8 Å². The van der Waals surface area contributed by atoms with E-state index in [0.29, 0.717) is 12.8 Å². The Labute approximate surface area is 132 Å². The van der Waals surface area contributed by atoms with E-state index in [0.717, 1.165) is 17.7 Å². The molecule has 120 valence electrons. The molecule has 8 nitrogen and oxygen atoms in total. The van der Waals surface area contributed by atoms with E-state index in [9.17, 15) is 9.59 Å². The summed E-state index contributed by atoms with van der Waals surface area (Å²) in [7, 11) is 0. The van der Waals surface area contributed by atoms with Crippen molar-refractivity contribution in [2.24, 2.45) is 5.92 Å². The summed E-state index contributed by atoms with van der Waals surface area (Å²) in [5, 5.41) is 22.8. The van der Waals surface area contributed by atoms with E-state index in [-0.39, 0.29) is 24.3 Å². The molecule has 0 unspecified atom stereocenters. The van der Waals surface area contributed by atoms with Gasteiger partial charge in [0.15, 0.2) is 0 Å². The third-order valence-electron chi connectivity index (χ3n) is 4.06. The molecule has 2 N–H and O–H groups in total. The van der Waals surface area contributed by atoms with Gasteiger partial charge in [-0.05, 0) is 47.4 Å². The Morgan fingerprint density at radius 3 is 2.65 bits per heavy atom. The van der Waals surface area contributed by atoms with Crippen molar-refractivity contribution in [2.45, 2.75) is 31.7 Å². The summed E-state index contributed by atoms with van der Waals surface area (Å²) in [4.78, 5) is 23.0. The summed E-state index contributed by atoms with van der Waals surface area (Å²) in [5.74, 6) is -1.20. The predicted molar refractivity (Wildman–Crippen MR) is 79.8 cm³/mol. The number of carbonyl (C=O) groups is 2. The molecule has 0 radical (unpaired) electrons. The Morgan fingerprint density at radius 1 is 1.26 bits per heavy atom. The second-order valence-electron chi connectivity index (χ2n) is 5.71. The largest absolute Gasteiger partial charge is 0.481 e. The Kier molecular flexibility index (Phi) is 4.31. The number of carboxylic acid groups (broad SMARTS) is 1. The minimum atomic E-state index is -0.778. The molecule has 1 amide bonds. The van der Waals surface area contributed by atoms with Crippen molar-refractivity contribution in [3.63, 3.8) is 0 Å². The first-order valence-corrected chi connectivity index (χ1v) is 7.46. The van der Waals surface area contributed by atoms with Crippen molar-refractivity contribution < 1.29 is 14.7 Å². The van der Waals surface area contributed by atoms with E-state index in [1.165, 1.54) is 11.0 Å². The number of amides is 1. The van der Waals surface area contributed by atoms with Crippen LogP contribution in [0.2, 0.25) is 0 Å². The molecule has 8 heteroatoms. The van der Waals surface area contributed by atoms with Gasteiger partial charge in [0.1, 0.15) is 6.33 Å². The van der Waals surface area contributed by atoms with Gasteiger partial charge in [0.25, 0.3) is 0 Å². The summed E-state index contributed by atoms with van der Waals surface area (Å²) in [5.41, 5.74) is 1.70. The third-order valence-corrected chi connectivity index (χ3v) is 4.06. The molecule has 0 saturated heterocycles. The van der Waals surface area contributed by atoms with Crippen LogP contribution in [0.15, 0.2) is 30.6 Å². The molecule has 3 rings (SSSR count). The molecule has 1 aliphatic rings. The topological polar surface area (TPSA) is 110 Å². The van der Waals surface area contributed by atoms with Gasteiger partial charge in [-0.3, -0.25) is 9.59 Å². The maximum absolute atomic E-state index is 12.1. The number of benzene rings is 1. The van der Waals surface area contributed by atoms with Crippen LogP contribution in [0.3, 0.4) is 0 Å². The standard InChI is InChI=1S/C15H17N5O3/c21-14(17-12-4-3-11(8-12)15(22)23)7-10-1-5-13(6-2-10)20-9-16-18-19-20/h1-2,5-6,9,11-12H,3-4,7-8H2,(H,17,21)(H,22,23)/t11-,12+/m0/s1. The van der Waals surface area contributed by atoms with Gasteiger partial charge >= 0.3 is 5.97 Å². The van der Waals surface area contributed by atoms with Gasteiger partial charge in [-0.15, -0.1) is 5.10 Å². The highest BCUT2D eigenvalue weighted by Gasteiger charge is 2.30. The molecule has 2 atom stereocenters. The van der Waals surface area contributed by atoms with Gasteiger partial charge in [0.05, 0.1) is 18.0 Å². The van der Waals surface area contributed by atoms with Crippen molar-refractivity contribution in [1.29, 1.82) is 0 Å². The maximum atomic E-state index is 12.1. The van der Waals surface area contributed by atoms with Crippen molar-refractivity contribution in [1.82, 2.24) is 25.5 Å². The van der Waals surface area contributed by atoms with Crippen LogP contribution in [-0.4, -0.2) is 43.2 Å². The first kappa shape index (κ1) is 15.1. The smallest absolute Gasteiger partial charge is 0.306 e. The minimum absolute atomic E-state index is 0.0379. The summed E-state index contributed by atoms with van der Waals surface area (Å²) in [6, 6.07) is 7.35. The molecule has 0 spiro atoms. The number of aromatic nitrogens is 4. The molecule has 1 fully saturated rings. The zero-order valence-corrected chi connectivity index (χ0v) is 12.4. The third kappa shape index (κ3) is 3.71. The van der Waals surface area contributed by atoms with Crippen LogP contribution in [0.4, 0.5) is 0 Å². The number of carboxylic acids is 1. The van der Waals surface area contributed by atoms with Gasteiger partial charge in [-0.25, -0.2) is 4.68 Å². The zero-order valence-electron chi connectivity index (χ0n) is 12.4. The summed E-state index contributed by atoms with van der Waals surface area (Å²) < 4.78 is 1.54. The SMILES string of the molecule is O=C(Cc1ccc(-n2cnnn2)cc1)N[C@@H]1CC[C@H](C(=O)O)C1. The van der Waals surface area contributed by atoms with Gasteiger partial charge in [0.2, 0.25) is 5.91 Å². The van der Waals surface area contributed by atoms with E-state index in [4.69, 9.17) is 5.11 Å². The summed E-state index contributed by atoms with van der Waals surface area (Å²) >= 11 is 0. The molecule has 1 heterocycles. The second kappa shape index (κ2) is 6.55. The highest BCUT2D eigenvalue weighted by Crippen LogP contribution is 2.25. The summed E-state index contributed by atoms with van der Waals surface area (Å²) in [6.07, 6.45) is 3.63. The van der Waals surface area contributed by atoms with E-state index >= 15 is 0 Å². The highest BCUT2D eigenvalue weighted by atomic mass is 16.4. The first-order chi connectivity index (χ1) is 11.1. The van der Waals surface area contributed by atoms with Crippen LogP contribution < -0.4 is 5.32 Å². The number of hydrogen-bond acceptors (Lipinski definition) is 5. The van der Waals surface area contributed by atoms with Crippen LogP contribution >= 0.6 is 0 Å². The van der Waals surface area contributed by atoms with Crippen LogP contribution in [0.1, 0.15) is 24.8 Å². The van der Waals surface area contributed by atoms with Gasteiger partial charge in [-0.2, -0.15) is 0 Å². The first-order valence-electron chi connectivity index (χ1n) is 7.46. The molecule has 1 aromatic carbocycles. The van der Waals surface area contributed by atoms with Crippen molar-refractivity contribution in [2.75, 3.05) is 0 Å². The number of nitrogens with zero attached hydrogens (tertiary/aromatic N) is 4. The minimum Gasteiger partial charge on any atom is -0.481 e. The fourth-order valence-electron chi connectivity index (χ4n) is 2.85. The molecule has 1 saturated carbocycles. The molecule has 23 heavy (non-hydrogen) atoms. The summed E-state index contributed by atoms with van der Waals surface area (Å²) in [6.45, 7) is 0. The number of nitrogens with one attached hydrogen (secondary N) is 1. The predicted octanol–water partition coefficient (Wildman–Crippen LogP) is 0.574. The maximum Gasteiger partial charge on any atom is 0.306 e. The van der Waals surface area contributed by atoms with E-state index < -0.39 is 5.97 Å². The lowest BCUT2D eigenvalue weighted by Gasteiger charge is -2.12. The average molecular weight is 315 g/mol. The number of carbonyl (C=O) groups excluding carboxylic acids is 1. The lowest BCUT2D eigenvalue weighted by molar-refractivity contribution is -0.141. The fourth-order valence-corrected chi connectivity index (χ4v) is 2.85. The Bertz CT molecular complexity index is 684. The van der Waals surface area contributed by atoms with E-state index in [1.54, 1.807) is 0 Å². The van der Waals surface area contributed by atoms with Gasteiger partial charge in [0, 0.05) is 6.04 Å². The Morgan fingerprint density at radius 2 is 2.04 bits per heavy atom. The van der Waals surface area contributed by atoms with Crippen molar-refractivity contribution in [3.05, 3.63) is 36.2 Å². The number of tetrazole rings is 1. The van der Waals surface area contributed by atoms with Crippen molar-refractivity contribution >= 4 is 11.9 Å². The second-order valence-corrected chi connectivity index (χ2v) is 5.71. The lowest BCUT2D eigenvalue weighted by Crippen LogP contribution is -2.34. The number of rotatable bonds is 5. The monoisotopic (exact) mass is 315 g/mol. The van der Waals surface area contributed by atoms with E-state index in [1.807, 2.05) is 24.3 Å². The average Bonchev–Trinajstić information content (AvgIpc) is 3.19. The molecular weight excluding hydrogens is 298 g/mol. The molecular formula is C15H17N5O3. The van der Waals surface area contributed by atoms with Crippen LogP contribution in [-0.2, 0) is 16.0 Å². The lowest BCUT2D eigenvalue weighted by atomic mass is 10.1. The van der Waals surface area contributed by atoms with Crippen LogP contribution in [0, 0.1) is 5.92 Å². The Hall–Kier alpha value is -2.77. The Balaban J connectivity index is 1.53. The molecule has 2 aromatic rings. The quantitative estimate of drug-likeness (QED) is 0.835. The van der Waals surface area contributed by atoms with Crippen LogP contribution in [0.25, 0.3) is 5.69 Å². The molecule has 0 bridgehead atoms. The number of aliphatic carboxylic acids is 1. The van der Waals surface area contributed by atoms with Gasteiger partial charge < -0.3 is 10.4 Å². The molecule has 1 aliphatic carbocycles. The molecule has 1 aromatic heterocycles. The number of hydrogen-bond donors (Lipinski definition) is 2. The normalized spacial score (nSPS) is 20.3. The highest BCUT2D eigenvalue weighted by molar-refractivity contribution is 5.79. The van der Waals surface area contributed by atoms with Gasteiger partial charge in [-0.1, -0.05) is 12.1 Å². The van der Waals surface area contributed by atoms with Crippen molar-refractivity contribution in [3.8, 4) is 5.69 Å². The molecule has 0 aliphatic heterocycles.